The van der Waals surface area contributed by atoms with E-state index in [0.717, 1.165) is 12.0 Å². The number of rotatable bonds is 9. The van der Waals surface area contributed by atoms with Crippen LogP contribution in [0.3, 0.4) is 0 Å². The molecule has 0 saturated heterocycles. The molecule has 1 rings (SSSR count). The van der Waals surface area contributed by atoms with E-state index >= 15 is 0 Å². The molecule has 116 valence electrons. The summed E-state index contributed by atoms with van der Waals surface area (Å²) in [5.74, 6) is 1.40. The highest BCUT2D eigenvalue weighted by Crippen LogP contribution is 2.27. The lowest BCUT2D eigenvalue weighted by molar-refractivity contribution is -0.122. The molecule has 0 aliphatic heterocycles. The highest BCUT2D eigenvalue weighted by molar-refractivity contribution is 5.81. The first-order valence-electron chi connectivity index (χ1n) is 6.95. The summed E-state index contributed by atoms with van der Waals surface area (Å²) < 4.78 is 10.5. The number of benzene rings is 1. The monoisotopic (exact) mass is 292 g/mol. The predicted molar refractivity (Wildman–Crippen MR) is 83.9 cm³/mol. The molecule has 21 heavy (non-hydrogen) atoms. The van der Waals surface area contributed by atoms with Crippen molar-refractivity contribution >= 4 is 5.91 Å². The molecule has 0 aliphatic carbocycles. The molecule has 5 heteroatoms. The van der Waals surface area contributed by atoms with Gasteiger partial charge in [0.1, 0.15) is 0 Å². The smallest absolute Gasteiger partial charge is 0.237 e. The Kier molecular flexibility index (Phi) is 7.32. The highest BCUT2D eigenvalue weighted by atomic mass is 16.5. The van der Waals surface area contributed by atoms with Crippen molar-refractivity contribution in [1.82, 2.24) is 10.6 Å². The van der Waals surface area contributed by atoms with Gasteiger partial charge in [0, 0.05) is 6.54 Å². The first-order chi connectivity index (χ1) is 10.1. The van der Waals surface area contributed by atoms with E-state index < -0.39 is 0 Å². The van der Waals surface area contributed by atoms with E-state index in [1.165, 1.54) is 0 Å². The van der Waals surface area contributed by atoms with Crippen LogP contribution in [0.25, 0.3) is 0 Å². The number of hydrogen-bond donors (Lipinski definition) is 2. The molecule has 0 fully saturated rings. The zero-order valence-corrected chi connectivity index (χ0v) is 12.9. The van der Waals surface area contributed by atoms with E-state index in [4.69, 9.17) is 9.47 Å². The highest BCUT2D eigenvalue weighted by Gasteiger charge is 2.10. The molecule has 0 aliphatic rings. The standard InChI is InChI=1S/C16H24N2O3/c1-5-9-18-16(19)12(2)17-10-8-13-6-7-14(20-3)15(11-13)21-4/h5-7,11-12,17H,1,8-10H2,2-4H3,(H,18,19). The van der Waals surface area contributed by atoms with Gasteiger partial charge in [-0.2, -0.15) is 0 Å². The van der Waals surface area contributed by atoms with Crippen LogP contribution in [0.1, 0.15) is 12.5 Å². The maximum Gasteiger partial charge on any atom is 0.237 e. The molecule has 0 aromatic heterocycles. The fourth-order valence-electron chi connectivity index (χ4n) is 1.89. The maximum absolute atomic E-state index is 11.7. The van der Waals surface area contributed by atoms with Crippen LogP contribution in [-0.4, -0.2) is 39.3 Å². The van der Waals surface area contributed by atoms with Crippen LogP contribution >= 0.6 is 0 Å². The Labute approximate surface area is 126 Å². The lowest BCUT2D eigenvalue weighted by Crippen LogP contribution is -2.42. The van der Waals surface area contributed by atoms with Crippen molar-refractivity contribution in [3.05, 3.63) is 36.4 Å². The molecule has 0 bridgehead atoms. The first-order valence-corrected chi connectivity index (χ1v) is 6.95. The molecule has 0 saturated carbocycles. The molecule has 5 nitrogen and oxygen atoms in total. The Hall–Kier alpha value is -2.01. The Bertz CT molecular complexity index is 475. The van der Waals surface area contributed by atoms with Gasteiger partial charge in [-0.15, -0.1) is 6.58 Å². The van der Waals surface area contributed by atoms with E-state index in [-0.39, 0.29) is 11.9 Å². The number of nitrogens with one attached hydrogen (secondary N) is 2. The van der Waals surface area contributed by atoms with E-state index in [1.807, 2.05) is 25.1 Å². The zero-order valence-electron chi connectivity index (χ0n) is 12.9. The van der Waals surface area contributed by atoms with Gasteiger partial charge in [0.25, 0.3) is 0 Å². The third kappa shape index (κ3) is 5.47. The van der Waals surface area contributed by atoms with Crippen LogP contribution < -0.4 is 20.1 Å². The average Bonchev–Trinajstić information content (AvgIpc) is 2.52. The average molecular weight is 292 g/mol. The van der Waals surface area contributed by atoms with Gasteiger partial charge in [0.2, 0.25) is 5.91 Å². The Morgan fingerprint density at radius 3 is 2.67 bits per heavy atom. The molecular formula is C16H24N2O3. The Balaban J connectivity index is 2.45. The van der Waals surface area contributed by atoms with E-state index in [2.05, 4.69) is 17.2 Å². The third-order valence-electron chi connectivity index (χ3n) is 3.13. The normalized spacial score (nSPS) is 11.6. The largest absolute Gasteiger partial charge is 0.493 e. The second kappa shape index (κ2) is 9.02. The fourth-order valence-corrected chi connectivity index (χ4v) is 1.89. The zero-order chi connectivity index (χ0) is 15.7. The molecule has 1 amide bonds. The number of ether oxygens (including phenoxy) is 2. The van der Waals surface area contributed by atoms with Gasteiger partial charge < -0.3 is 20.1 Å². The summed E-state index contributed by atoms with van der Waals surface area (Å²) >= 11 is 0. The minimum Gasteiger partial charge on any atom is -0.493 e. The summed E-state index contributed by atoms with van der Waals surface area (Å²) in [5, 5.41) is 5.95. The van der Waals surface area contributed by atoms with E-state index in [0.29, 0.717) is 24.6 Å². The molecule has 1 atom stereocenters. The van der Waals surface area contributed by atoms with Crippen molar-refractivity contribution in [2.75, 3.05) is 27.3 Å². The minimum absolute atomic E-state index is 0.0257. The number of carbonyl (C=O) groups excluding carboxylic acids is 1. The Morgan fingerprint density at radius 2 is 2.05 bits per heavy atom. The molecule has 0 spiro atoms. The summed E-state index contributed by atoms with van der Waals surface area (Å²) in [4.78, 5) is 11.7. The van der Waals surface area contributed by atoms with Gasteiger partial charge in [-0.05, 0) is 37.6 Å². The number of amides is 1. The van der Waals surface area contributed by atoms with Crippen molar-refractivity contribution in [3.63, 3.8) is 0 Å². The number of methoxy groups -OCH3 is 2. The van der Waals surface area contributed by atoms with Crippen LogP contribution in [0.5, 0.6) is 11.5 Å². The van der Waals surface area contributed by atoms with Gasteiger partial charge in [0.05, 0.1) is 20.3 Å². The summed E-state index contributed by atoms with van der Waals surface area (Å²) in [5.41, 5.74) is 1.12. The molecule has 0 heterocycles. The quantitative estimate of drug-likeness (QED) is 0.678. The van der Waals surface area contributed by atoms with Crippen molar-refractivity contribution in [2.24, 2.45) is 0 Å². The number of carbonyl (C=O) groups is 1. The van der Waals surface area contributed by atoms with E-state index in [1.54, 1.807) is 20.3 Å². The lowest BCUT2D eigenvalue weighted by atomic mass is 10.1. The summed E-state index contributed by atoms with van der Waals surface area (Å²) in [6.45, 7) is 6.60. The minimum atomic E-state index is -0.231. The van der Waals surface area contributed by atoms with Crippen molar-refractivity contribution < 1.29 is 14.3 Å². The van der Waals surface area contributed by atoms with Gasteiger partial charge in [-0.1, -0.05) is 12.1 Å². The van der Waals surface area contributed by atoms with Crippen molar-refractivity contribution in [2.45, 2.75) is 19.4 Å². The predicted octanol–water partition coefficient (Wildman–Crippen LogP) is 1.53. The topological polar surface area (TPSA) is 59.6 Å². The second-order valence-corrected chi connectivity index (χ2v) is 4.65. The molecule has 1 unspecified atom stereocenters. The summed E-state index contributed by atoms with van der Waals surface area (Å²) in [6, 6.07) is 5.59. The second-order valence-electron chi connectivity index (χ2n) is 4.65. The summed E-state index contributed by atoms with van der Waals surface area (Å²) in [7, 11) is 3.23. The van der Waals surface area contributed by atoms with Crippen LogP contribution in [0, 0.1) is 0 Å². The van der Waals surface area contributed by atoms with Crippen LogP contribution in [-0.2, 0) is 11.2 Å². The van der Waals surface area contributed by atoms with Gasteiger partial charge in [0.15, 0.2) is 11.5 Å². The fraction of sp³-hybridized carbons (Fsp3) is 0.438. The van der Waals surface area contributed by atoms with Gasteiger partial charge >= 0.3 is 0 Å². The van der Waals surface area contributed by atoms with Crippen LogP contribution in [0.4, 0.5) is 0 Å². The van der Waals surface area contributed by atoms with Crippen molar-refractivity contribution in [1.29, 1.82) is 0 Å². The van der Waals surface area contributed by atoms with Gasteiger partial charge in [-0.3, -0.25) is 4.79 Å². The molecule has 0 radical (unpaired) electrons. The van der Waals surface area contributed by atoms with Crippen molar-refractivity contribution in [3.8, 4) is 11.5 Å². The maximum atomic E-state index is 11.7. The van der Waals surface area contributed by atoms with Crippen LogP contribution in [0.2, 0.25) is 0 Å². The number of hydrogen-bond acceptors (Lipinski definition) is 4. The van der Waals surface area contributed by atoms with E-state index in [9.17, 15) is 4.79 Å². The Morgan fingerprint density at radius 1 is 1.33 bits per heavy atom. The van der Waals surface area contributed by atoms with Crippen LogP contribution in [0.15, 0.2) is 30.9 Å². The summed E-state index contributed by atoms with van der Waals surface area (Å²) in [6.07, 6.45) is 2.47. The molecule has 1 aromatic carbocycles. The SMILES string of the molecule is C=CCNC(=O)C(C)NCCc1ccc(OC)c(OC)c1. The lowest BCUT2D eigenvalue weighted by Gasteiger charge is -2.14. The third-order valence-corrected chi connectivity index (χ3v) is 3.13. The molecular weight excluding hydrogens is 268 g/mol. The molecule has 1 aromatic rings. The molecule has 2 N–H and O–H groups in total. The van der Waals surface area contributed by atoms with Gasteiger partial charge in [-0.25, -0.2) is 0 Å². The first kappa shape index (κ1) is 17.0.